The van der Waals surface area contributed by atoms with Crippen molar-refractivity contribution in [3.05, 3.63) is 28.8 Å². The zero-order chi connectivity index (χ0) is 15.0. The van der Waals surface area contributed by atoms with E-state index >= 15 is 0 Å². The number of hydrogen-bond donors (Lipinski definition) is 0. The maximum Gasteiger partial charge on any atom is 0.0642 e. The number of rotatable bonds is 9. The first-order valence-corrected chi connectivity index (χ1v) is 8.98. The molecule has 0 amide bonds. The molecule has 1 rings (SSSR count). The van der Waals surface area contributed by atoms with Crippen LogP contribution in [0.25, 0.3) is 0 Å². The van der Waals surface area contributed by atoms with Crippen LogP contribution in [0.3, 0.4) is 0 Å². The van der Waals surface area contributed by atoms with Crippen molar-refractivity contribution >= 4 is 33.2 Å². The van der Waals surface area contributed by atoms with E-state index in [2.05, 4.69) is 52.6 Å². The topological polar surface area (TPSA) is 6.48 Å². The number of halogens is 2. The Morgan fingerprint density at radius 2 is 1.75 bits per heavy atom. The van der Waals surface area contributed by atoms with Gasteiger partial charge in [0.15, 0.2) is 0 Å². The second kappa shape index (κ2) is 9.64. The number of benzene rings is 1. The van der Waals surface area contributed by atoms with E-state index in [1.165, 1.54) is 17.7 Å². The number of alkyl halides is 1. The predicted molar refractivity (Wildman–Crippen MR) is 94.4 cm³/mol. The van der Waals surface area contributed by atoms with Gasteiger partial charge in [-0.05, 0) is 44.6 Å². The SMILES string of the molecule is CCN(CC)CCCN(CC)c1c(Cl)cccc1CBr. The molecule has 114 valence electrons. The zero-order valence-corrected chi connectivity index (χ0v) is 15.2. The zero-order valence-electron chi connectivity index (χ0n) is 12.8. The monoisotopic (exact) mass is 360 g/mol. The van der Waals surface area contributed by atoms with Gasteiger partial charge in [-0.1, -0.05) is 53.5 Å². The summed E-state index contributed by atoms with van der Waals surface area (Å²) in [6, 6.07) is 6.14. The lowest BCUT2D eigenvalue weighted by Crippen LogP contribution is -2.30. The van der Waals surface area contributed by atoms with Crippen LogP contribution < -0.4 is 4.90 Å². The van der Waals surface area contributed by atoms with Crippen molar-refractivity contribution in [3.8, 4) is 0 Å². The molecule has 0 aliphatic heterocycles. The van der Waals surface area contributed by atoms with Gasteiger partial charge >= 0.3 is 0 Å². The van der Waals surface area contributed by atoms with Gasteiger partial charge in [-0.25, -0.2) is 0 Å². The van der Waals surface area contributed by atoms with Crippen LogP contribution in [0.4, 0.5) is 5.69 Å². The number of para-hydroxylation sites is 1. The van der Waals surface area contributed by atoms with Gasteiger partial charge in [-0.2, -0.15) is 0 Å². The summed E-state index contributed by atoms with van der Waals surface area (Å²) in [6.45, 7) is 12.1. The molecule has 0 aliphatic rings. The van der Waals surface area contributed by atoms with Gasteiger partial charge in [-0.3, -0.25) is 0 Å². The van der Waals surface area contributed by atoms with Crippen molar-refractivity contribution in [2.24, 2.45) is 0 Å². The minimum atomic E-state index is 0.843. The smallest absolute Gasteiger partial charge is 0.0642 e. The first-order chi connectivity index (χ1) is 9.67. The van der Waals surface area contributed by atoms with Gasteiger partial charge in [0, 0.05) is 18.4 Å². The van der Waals surface area contributed by atoms with Gasteiger partial charge in [0.1, 0.15) is 0 Å². The average molecular weight is 362 g/mol. The second-order valence-electron chi connectivity index (χ2n) is 4.84. The van der Waals surface area contributed by atoms with Crippen LogP contribution in [0, 0.1) is 0 Å². The molecule has 4 heteroatoms. The molecule has 2 nitrogen and oxygen atoms in total. The Morgan fingerprint density at radius 3 is 2.30 bits per heavy atom. The largest absolute Gasteiger partial charge is 0.370 e. The molecular weight excluding hydrogens is 336 g/mol. The highest BCUT2D eigenvalue weighted by Crippen LogP contribution is 2.31. The molecule has 0 radical (unpaired) electrons. The van der Waals surface area contributed by atoms with E-state index in [-0.39, 0.29) is 0 Å². The van der Waals surface area contributed by atoms with E-state index in [9.17, 15) is 0 Å². The average Bonchev–Trinajstić information content (AvgIpc) is 2.48. The molecule has 0 unspecified atom stereocenters. The minimum Gasteiger partial charge on any atom is -0.370 e. The molecule has 0 fully saturated rings. The van der Waals surface area contributed by atoms with Crippen LogP contribution in [0.1, 0.15) is 32.8 Å². The highest BCUT2D eigenvalue weighted by atomic mass is 79.9. The van der Waals surface area contributed by atoms with Crippen molar-refractivity contribution in [1.29, 1.82) is 0 Å². The summed E-state index contributed by atoms with van der Waals surface area (Å²) < 4.78 is 0. The van der Waals surface area contributed by atoms with Crippen LogP contribution in [-0.4, -0.2) is 37.6 Å². The van der Waals surface area contributed by atoms with Crippen molar-refractivity contribution < 1.29 is 0 Å². The molecule has 1 aromatic rings. The summed E-state index contributed by atoms with van der Waals surface area (Å²) in [4.78, 5) is 4.86. The maximum absolute atomic E-state index is 6.40. The molecular formula is C16H26BrClN2. The Bertz CT molecular complexity index is 394. The standard InChI is InChI=1S/C16H26BrClN2/c1-4-19(5-2)11-8-12-20(6-3)16-14(13-17)9-7-10-15(16)18/h7,9-10H,4-6,8,11-13H2,1-3H3. The Kier molecular flexibility index (Phi) is 8.58. The lowest BCUT2D eigenvalue weighted by molar-refractivity contribution is 0.301. The van der Waals surface area contributed by atoms with E-state index in [4.69, 9.17) is 11.6 Å². The predicted octanol–water partition coefficient (Wildman–Crippen LogP) is 4.79. The Balaban J connectivity index is 2.71. The summed E-state index contributed by atoms with van der Waals surface area (Å²) in [6.07, 6.45) is 1.17. The lowest BCUT2D eigenvalue weighted by Gasteiger charge is -2.28. The van der Waals surface area contributed by atoms with Crippen molar-refractivity contribution in [3.63, 3.8) is 0 Å². The summed E-state index contributed by atoms with van der Waals surface area (Å²) in [5.41, 5.74) is 2.45. The Hall–Kier alpha value is -0.250. The van der Waals surface area contributed by atoms with E-state index < -0.39 is 0 Å². The van der Waals surface area contributed by atoms with Crippen LogP contribution in [-0.2, 0) is 5.33 Å². The van der Waals surface area contributed by atoms with Crippen molar-refractivity contribution in [2.45, 2.75) is 32.5 Å². The van der Waals surface area contributed by atoms with Crippen molar-refractivity contribution in [1.82, 2.24) is 4.90 Å². The summed E-state index contributed by atoms with van der Waals surface area (Å²) >= 11 is 9.97. The fourth-order valence-corrected chi connectivity index (χ4v) is 3.24. The van der Waals surface area contributed by atoms with Gasteiger partial charge in [0.05, 0.1) is 10.7 Å². The van der Waals surface area contributed by atoms with E-state index in [1.807, 2.05) is 12.1 Å². The van der Waals surface area contributed by atoms with Crippen LogP contribution in [0.2, 0.25) is 5.02 Å². The fraction of sp³-hybridized carbons (Fsp3) is 0.625. The molecule has 0 saturated heterocycles. The molecule has 1 aromatic carbocycles. The molecule has 0 heterocycles. The third kappa shape index (κ3) is 4.94. The lowest BCUT2D eigenvalue weighted by atomic mass is 10.1. The van der Waals surface area contributed by atoms with Gasteiger partial charge in [0.2, 0.25) is 0 Å². The number of nitrogens with zero attached hydrogens (tertiary/aromatic N) is 2. The van der Waals surface area contributed by atoms with Crippen molar-refractivity contribution in [2.75, 3.05) is 37.6 Å². The van der Waals surface area contributed by atoms with Gasteiger partial charge in [0.25, 0.3) is 0 Å². The summed E-state index contributed by atoms with van der Waals surface area (Å²) in [5.74, 6) is 0. The minimum absolute atomic E-state index is 0.843. The number of anilines is 1. The van der Waals surface area contributed by atoms with Gasteiger partial charge in [-0.15, -0.1) is 0 Å². The fourth-order valence-electron chi connectivity index (χ4n) is 2.48. The molecule has 0 spiro atoms. The molecule has 0 saturated carbocycles. The highest BCUT2D eigenvalue weighted by Gasteiger charge is 2.13. The Labute approximate surface area is 137 Å². The van der Waals surface area contributed by atoms with E-state index in [1.54, 1.807) is 0 Å². The quantitative estimate of drug-likeness (QED) is 0.583. The second-order valence-corrected chi connectivity index (χ2v) is 5.81. The van der Waals surface area contributed by atoms with E-state index in [0.717, 1.165) is 43.1 Å². The molecule has 0 N–H and O–H groups in total. The summed E-state index contributed by atoms with van der Waals surface area (Å²) in [5, 5.41) is 1.70. The number of hydrogen-bond acceptors (Lipinski definition) is 2. The van der Waals surface area contributed by atoms with Crippen LogP contribution in [0.5, 0.6) is 0 Å². The molecule has 0 aliphatic carbocycles. The third-order valence-electron chi connectivity index (χ3n) is 3.71. The van der Waals surface area contributed by atoms with Crippen LogP contribution >= 0.6 is 27.5 Å². The molecule has 0 aromatic heterocycles. The Morgan fingerprint density at radius 1 is 1.05 bits per heavy atom. The highest BCUT2D eigenvalue weighted by molar-refractivity contribution is 9.08. The third-order valence-corrected chi connectivity index (χ3v) is 4.62. The first kappa shape index (κ1) is 17.8. The van der Waals surface area contributed by atoms with Crippen LogP contribution in [0.15, 0.2) is 18.2 Å². The summed E-state index contributed by atoms with van der Waals surface area (Å²) in [7, 11) is 0. The van der Waals surface area contributed by atoms with E-state index in [0.29, 0.717) is 0 Å². The molecule has 0 bridgehead atoms. The molecule has 20 heavy (non-hydrogen) atoms. The maximum atomic E-state index is 6.40. The normalized spacial score (nSPS) is 11.1. The van der Waals surface area contributed by atoms with Gasteiger partial charge < -0.3 is 9.80 Å². The molecule has 0 atom stereocenters. The first-order valence-electron chi connectivity index (χ1n) is 7.48.